The zero-order chi connectivity index (χ0) is 12.1. The summed E-state index contributed by atoms with van der Waals surface area (Å²) in [7, 11) is 0. The maximum Gasteiger partial charge on any atom is 0.315 e. The van der Waals surface area contributed by atoms with Crippen LogP contribution in [0.4, 0.5) is 4.79 Å². The van der Waals surface area contributed by atoms with E-state index in [-0.39, 0.29) is 17.7 Å². The number of amides is 2. The topological polar surface area (TPSA) is 59.6 Å². The Balaban J connectivity index is 1.81. The third-order valence-corrected chi connectivity index (χ3v) is 3.30. The second-order valence-corrected chi connectivity index (χ2v) is 4.67. The highest BCUT2D eigenvalue weighted by Gasteiger charge is 2.41. The van der Waals surface area contributed by atoms with E-state index < -0.39 is 0 Å². The summed E-state index contributed by atoms with van der Waals surface area (Å²) < 4.78 is 11.2. The van der Waals surface area contributed by atoms with Crippen LogP contribution in [0.1, 0.15) is 19.3 Å². The molecule has 0 saturated carbocycles. The minimum absolute atomic E-state index is 0.133. The molecule has 0 radical (unpaired) electrons. The first-order chi connectivity index (χ1) is 8.24. The lowest BCUT2D eigenvalue weighted by Crippen LogP contribution is -2.51. The number of hydrogen-bond acceptors (Lipinski definition) is 3. The van der Waals surface area contributed by atoms with Gasteiger partial charge in [-0.3, -0.25) is 0 Å². The molecule has 0 aromatic rings. The zero-order valence-electron chi connectivity index (χ0n) is 10.0. The number of rotatable bonds is 3. The highest BCUT2D eigenvalue weighted by atomic mass is 16.6. The first-order valence-electron chi connectivity index (χ1n) is 6.11. The van der Waals surface area contributed by atoms with Crippen molar-refractivity contribution in [3.05, 3.63) is 12.7 Å². The third kappa shape index (κ3) is 3.20. The van der Waals surface area contributed by atoms with Crippen molar-refractivity contribution in [3.8, 4) is 0 Å². The molecule has 2 aliphatic rings. The Labute approximate surface area is 102 Å². The molecule has 0 aromatic heterocycles. The highest BCUT2D eigenvalue weighted by Crippen LogP contribution is 2.32. The van der Waals surface area contributed by atoms with Crippen molar-refractivity contribution in [2.75, 3.05) is 26.4 Å². The van der Waals surface area contributed by atoms with Crippen LogP contribution in [-0.2, 0) is 9.47 Å². The molecule has 0 aromatic carbocycles. The van der Waals surface area contributed by atoms with Crippen molar-refractivity contribution in [1.29, 1.82) is 0 Å². The molecule has 96 valence electrons. The lowest BCUT2D eigenvalue weighted by atomic mass is 9.90. The van der Waals surface area contributed by atoms with Crippen LogP contribution >= 0.6 is 0 Å². The molecular formula is C12H20N2O3. The van der Waals surface area contributed by atoms with E-state index in [1.807, 2.05) is 0 Å². The van der Waals surface area contributed by atoms with Gasteiger partial charge >= 0.3 is 6.03 Å². The Morgan fingerprint density at radius 3 is 3.12 bits per heavy atom. The van der Waals surface area contributed by atoms with E-state index in [9.17, 15) is 4.79 Å². The Hall–Kier alpha value is -1.07. The normalized spacial score (nSPS) is 32.4. The number of carbonyl (C=O) groups excluding carboxylic acids is 1. The van der Waals surface area contributed by atoms with Gasteiger partial charge in [-0.25, -0.2) is 4.79 Å². The van der Waals surface area contributed by atoms with Crippen LogP contribution in [0.5, 0.6) is 0 Å². The van der Waals surface area contributed by atoms with E-state index in [0.29, 0.717) is 19.8 Å². The van der Waals surface area contributed by atoms with Gasteiger partial charge < -0.3 is 20.1 Å². The molecule has 2 rings (SSSR count). The second kappa shape index (κ2) is 5.51. The molecule has 2 saturated heterocycles. The summed E-state index contributed by atoms with van der Waals surface area (Å²) in [5, 5.41) is 5.69. The van der Waals surface area contributed by atoms with Gasteiger partial charge in [-0.2, -0.15) is 0 Å². The molecule has 2 heterocycles. The van der Waals surface area contributed by atoms with Gasteiger partial charge in [-0.1, -0.05) is 6.08 Å². The molecule has 2 fully saturated rings. The molecule has 0 bridgehead atoms. The lowest BCUT2D eigenvalue weighted by Gasteiger charge is -2.37. The van der Waals surface area contributed by atoms with E-state index in [0.717, 1.165) is 25.9 Å². The van der Waals surface area contributed by atoms with Crippen LogP contribution in [0.25, 0.3) is 0 Å². The summed E-state index contributed by atoms with van der Waals surface area (Å²) in [5.74, 6) is 0. The summed E-state index contributed by atoms with van der Waals surface area (Å²) in [4.78, 5) is 11.5. The molecule has 0 unspecified atom stereocenters. The van der Waals surface area contributed by atoms with Gasteiger partial charge in [0.25, 0.3) is 0 Å². The van der Waals surface area contributed by atoms with E-state index in [2.05, 4.69) is 17.2 Å². The first kappa shape index (κ1) is 12.4. The SMILES string of the molecule is C=CCNC(=O)N[C@H]1CCO[C@]2(CCOC2)C1. The lowest BCUT2D eigenvalue weighted by molar-refractivity contribution is -0.0878. The summed E-state index contributed by atoms with van der Waals surface area (Å²) in [6.45, 7) is 6.15. The Morgan fingerprint density at radius 1 is 1.53 bits per heavy atom. The van der Waals surface area contributed by atoms with Crippen LogP contribution in [0.3, 0.4) is 0 Å². The van der Waals surface area contributed by atoms with Crippen LogP contribution in [0.2, 0.25) is 0 Å². The Kier molecular flexibility index (Phi) is 4.02. The molecule has 17 heavy (non-hydrogen) atoms. The van der Waals surface area contributed by atoms with Crippen molar-refractivity contribution in [1.82, 2.24) is 10.6 Å². The quantitative estimate of drug-likeness (QED) is 0.718. The van der Waals surface area contributed by atoms with E-state index in [1.54, 1.807) is 6.08 Å². The van der Waals surface area contributed by atoms with Crippen LogP contribution in [0, 0.1) is 0 Å². The highest BCUT2D eigenvalue weighted by molar-refractivity contribution is 5.74. The van der Waals surface area contributed by atoms with Gasteiger partial charge in [0.05, 0.1) is 12.2 Å². The molecule has 2 N–H and O–H groups in total. The third-order valence-electron chi connectivity index (χ3n) is 3.30. The molecule has 5 nitrogen and oxygen atoms in total. The largest absolute Gasteiger partial charge is 0.378 e. The van der Waals surface area contributed by atoms with Crippen LogP contribution in [-0.4, -0.2) is 44.0 Å². The number of ether oxygens (including phenoxy) is 2. The molecule has 2 amide bonds. The average molecular weight is 240 g/mol. The molecule has 0 aliphatic carbocycles. The monoisotopic (exact) mass is 240 g/mol. The molecular weight excluding hydrogens is 220 g/mol. The standard InChI is InChI=1S/C12H20N2O3/c1-2-5-13-11(15)14-10-3-6-17-12(8-10)4-7-16-9-12/h2,10H,1,3-9H2,(H2,13,14,15)/t10-,12+/m0/s1. The maximum atomic E-state index is 11.5. The van der Waals surface area contributed by atoms with Crippen molar-refractivity contribution in [2.24, 2.45) is 0 Å². The van der Waals surface area contributed by atoms with Gasteiger partial charge in [0, 0.05) is 32.2 Å². The van der Waals surface area contributed by atoms with Gasteiger partial charge in [0.15, 0.2) is 0 Å². The predicted octanol–water partition coefficient (Wildman–Crippen LogP) is 0.810. The molecule has 2 aliphatic heterocycles. The minimum Gasteiger partial charge on any atom is -0.378 e. The predicted molar refractivity (Wildman–Crippen MR) is 63.9 cm³/mol. The van der Waals surface area contributed by atoms with Gasteiger partial charge in [0.1, 0.15) is 0 Å². The number of hydrogen-bond donors (Lipinski definition) is 2. The van der Waals surface area contributed by atoms with E-state index in [1.165, 1.54) is 0 Å². The summed E-state index contributed by atoms with van der Waals surface area (Å²) in [5.41, 5.74) is -0.158. The van der Waals surface area contributed by atoms with Crippen molar-refractivity contribution < 1.29 is 14.3 Å². The number of carbonyl (C=O) groups is 1. The fraction of sp³-hybridized carbons (Fsp3) is 0.750. The maximum absolute atomic E-state index is 11.5. The van der Waals surface area contributed by atoms with Crippen LogP contribution in [0.15, 0.2) is 12.7 Å². The van der Waals surface area contributed by atoms with Crippen molar-refractivity contribution in [3.63, 3.8) is 0 Å². The number of urea groups is 1. The molecule has 5 heteroatoms. The Bertz CT molecular complexity index is 287. The summed E-state index contributed by atoms with van der Waals surface area (Å²) in [6, 6.07) is 0.0427. The molecule has 2 atom stereocenters. The van der Waals surface area contributed by atoms with Crippen LogP contribution < -0.4 is 10.6 Å². The summed E-state index contributed by atoms with van der Waals surface area (Å²) >= 11 is 0. The zero-order valence-corrected chi connectivity index (χ0v) is 10.0. The molecule has 1 spiro atoms. The van der Waals surface area contributed by atoms with Gasteiger partial charge in [-0.05, 0) is 12.8 Å². The fourth-order valence-corrected chi connectivity index (χ4v) is 2.42. The van der Waals surface area contributed by atoms with Crippen molar-refractivity contribution >= 4 is 6.03 Å². The van der Waals surface area contributed by atoms with E-state index >= 15 is 0 Å². The first-order valence-corrected chi connectivity index (χ1v) is 6.11. The van der Waals surface area contributed by atoms with Crippen molar-refractivity contribution in [2.45, 2.75) is 30.9 Å². The smallest absolute Gasteiger partial charge is 0.315 e. The number of nitrogens with one attached hydrogen (secondary N) is 2. The minimum atomic E-state index is -0.158. The average Bonchev–Trinajstić information content (AvgIpc) is 2.74. The van der Waals surface area contributed by atoms with Gasteiger partial charge in [-0.15, -0.1) is 6.58 Å². The van der Waals surface area contributed by atoms with E-state index in [4.69, 9.17) is 9.47 Å². The summed E-state index contributed by atoms with van der Waals surface area (Å²) in [6.07, 6.45) is 4.30. The second-order valence-electron chi connectivity index (χ2n) is 4.67. The Morgan fingerprint density at radius 2 is 2.41 bits per heavy atom. The fourth-order valence-electron chi connectivity index (χ4n) is 2.42. The van der Waals surface area contributed by atoms with Gasteiger partial charge in [0.2, 0.25) is 0 Å².